The lowest BCUT2D eigenvalue weighted by Gasteiger charge is -2.13. The molecule has 0 radical (unpaired) electrons. The molecule has 1 aliphatic heterocycles. The highest BCUT2D eigenvalue weighted by Crippen LogP contribution is 2.12. The summed E-state index contributed by atoms with van der Waals surface area (Å²) in [5.74, 6) is 1.71. The highest BCUT2D eigenvalue weighted by Gasteiger charge is 2.14. The monoisotopic (exact) mass is 477 g/mol. The molecule has 1 aliphatic rings. The van der Waals surface area contributed by atoms with Crippen molar-refractivity contribution < 1.29 is 14.2 Å². The summed E-state index contributed by atoms with van der Waals surface area (Å²) < 4.78 is 16.4. The Kier molecular flexibility index (Phi) is 12.4. The molecule has 1 unspecified atom stereocenters. The third kappa shape index (κ3) is 9.05. The van der Waals surface area contributed by atoms with Gasteiger partial charge in [0.25, 0.3) is 0 Å². The molecule has 0 amide bonds. The van der Waals surface area contributed by atoms with E-state index in [0.717, 1.165) is 70.3 Å². The Balaban J connectivity index is 0.00000338. The molecule has 1 heterocycles. The molecular weight excluding hydrogens is 445 g/mol. The number of ether oxygens (including phenoxy) is 3. The highest BCUT2D eigenvalue weighted by atomic mass is 127. The molecule has 2 N–H and O–H groups in total. The largest absolute Gasteiger partial charge is 0.497 e. The van der Waals surface area contributed by atoms with E-state index < -0.39 is 0 Å². The maximum atomic E-state index is 5.66. The predicted molar refractivity (Wildman–Crippen MR) is 116 cm³/mol. The highest BCUT2D eigenvalue weighted by molar-refractivity contribution is 14.0. The smallest absolute Gasteiger partial charge is 0.190 e. The van der Waals surface area contributed by atoms with E-state index in [1.165, 1.54) is 5.56 Å². The van der Waals surface area contributed by atoms with Gasteiger partial charge in [-0.1, -0.05) is 12.1 Å². The zero-order chi connectivity index (χ0) is 17.7. The van der Waals surface area contributed by atoms with E-state index in [4.69, 9.17) is 14.2 Å². The Morgan fingerprint density at radius 2 is 2.00 bits per heavy atom. The Morgan fingerprint density at radius 1 is 1.23 bits per heavy atom. The standard InChI is InChI=1S/C19H31N3O3.HI/c1-20-19(21-11-4-13-24-15-18-5-3-14-25-18)22-12-10-16-6-8-17(23-2)9-7-16;/h6-9,18H,3-5,10-15H2,1-2H3,(H2,20,21,22);1H. The Hall–Kier alpha value is -1.06. The Morgan fingerprint density at radius 3 is 2.65 bits per heavy atom. The number of methoxy groups -OCH3 is 1. The van der Waals surface area contributed by atoms with Crippen LogP contribution in [0.4, 0.5) is 0 Å². The van der Waals surface area contributed by atoms with Gasteiger partial charge in [-0.2, -0.15) is 0 Å². The molecule has 1 aromatic rings. The first-order chi connectivity index (χ1) is 12.3. The van der Waals surface area contributed by atoms with Gasteiger partial charge in [0.2, 0.25) is 0 Å². The summed E-state index contributed by atoms with van der Waals surface area (Å²) in [4.78, 5) is 4.24. The van der Waals surface area contributed by atoms with Crippen LogP contribution in [0.15, 0.2) is 29.3 Å². The minimum Gasteiger partial charge on any atom is -0.497 e. The molecule has 1 aromatic carbocycles. The minimum atomic E-state index is 0. The van der Waals surface area contributed by atoms with Gasteiger partial charge < -0.3 is 24.8 Å². The number of hydrogen-bond acceptors (Lipinski definition) is 4. The van der Waals surface area contributed by atoms with Crippen molar-refractivity contribution in [1.29, 1.82) is 0 Å². The number of aliphatic imine (C=N–C) groups is 1. The van der Waals surface area contributed by atoms with Crippen LogP contribution >= 0.6 is 24.0 Å². The van der Waals surface area contributed by atoms with Gasteiger partial charge in [0.15, 0.2) is 5.96 Å². The van der Waals surface area contributed by atoms with Crippen molar-refractivity contribution in [2.24, 2.45) is 4.99 Å². The van der Waals surface area contributed by atoms with Crippen molar-refractivity contribution in [2.45, 2.75) is 31.8 Å². The van der Waals surface area contributed by atoms with E-state index >= 15 is 0 Å². The fourth-order valence-electron chi connectivity index (χ4n) is 2.71. The van der Waals surface area contributed by atoms with Gasteiger partial charge >= 0.3 is 0 Å². The van der Waals surface area contributed by atoms with Crippen molar-refractivity contribution in [1.82, 2.24) is 10.6 Å². The number of nitrogens with one attached hydrogen (secondary N) is 2. The van der Waals surface area contributed by atoms with E-state index in [0.29, 0.717) is 6.10 Å². The molecular formula is C19H32IN3O3. The van der Waals surface area contributed by atoms with Crippen molar-refractivity contribution in [2.75, 3.05) is 47.1 Å². The SMILES string of the molecule is CN=C(NCCCOCC1CCCO1)NCCc1ccc(OC)cc1.I. The molecule has 0 bridgehead atoms. The van der Waals surface area contributed by atoms with Gasteiger partial charge in [0.05, 0.1) is 19.8 Å². The van der Waals surface area contributed by atoms with Crippen LogP contribution in [0.25, 0.3) is 0 Å². The van der Waals surface area contributed by atoms with E-state index in [9.17, 15) is 0 Å². The second kappa shape index (κ2) is 14.1. The molecule has 0 aliphatic carbocycles. The fourth-order valence-corrected chi connectivity index (χ4v) is 2.71. The summed E-state index contributed by atoms with van der Waals surface area (Å²) >= 11 is 0. The zero-order valence-corrected chi connectivity index (χ0v) is 18.2. The summed E-state index contributed by atoms with van der Waals surface area (Å²) in [5, 5.41) is 6.64. The second-order valence-electron chi connectivity index (χ2n) is 6.09. The molecule has 6 nitrogen and oxygen atoms in total. The lowest BCUT2D eigenvalue weighted by atomic mass is 10.1. The van der Waals surface area contributed by atoms with E-state index in [2.05, 4.69) is 27.8 Å². The molecule has 7 heteroatoms. The summed E-state index contributed by atoms with van der Waals surface area (Å²) in [6.07, 6.45) is 4.48. The number of halogens is 1. The van der Waals surface area contributed by atoms with Gasteiger partial charge in [-0.15, -0.1) is 24.0 Å². The van der Waals surface area contributed by atoms with Crippen LogP contribution in [0.2, 0.25) is 0 Å². The molecule has 1 atom stereocenters. The number of hydrogen-bond donors (Lipinski definition) is 2. The van der Waals surface area contributed by atoms with Crippen molar-refractivity contribution in [3.8, 4) is 5.75 Å². The van der Waals surface area contributed by atoms with Crippen LogP contribution in [0.1, 0.15) is 24.8 Å². The van der Waals surface area contributed by atoms with E-state index in [-0.39, 0.29) is 24.0 Å². The van der Waals surface area contributed by atoms with Crippen molar-refractivity contribution >= 4 is 29.9 Å². The number of benzene rings is 1. The number of guanidine groups is 1. The average molecular weight is 477 g/mol. The topological polar surface area (TPSA) is 64.1 Å². The zero-order valence-electron chi connectivity index (χ0n) is 15.8. The molecule has 0 aromatic heterocycles. The van der Waals surface area contributed by atoms with Gasteiger partial charge in [-0.05, 0) is 43.4 Å². The van der Waals surface area contributed by atoms with E-state index in [1.54, 1.807) is 14.2 Å². The van der Waals surface area contributed by atoms with Gasteiger partial charge in [-0.3, -0.25) is 4.99 Å². The number of rotatable bonds is 10. The molecule has 148 valence electrons. The molecule has 0 spiro atoms. The maximum absolute atomic E-state index is 5.66. The van der Waals surface area contributed by atoms with Crippen LogP contribution < -0.4 is 15.4 Å². The van der Waals surface area contributed by atoms with Crippen molar-refractivity contribution in [3.05, 3.63) is 29.8 Å². The lowest BCUT2D eigenvalue weighted by molar-refractivity contribution is 0.0168. The predicted octanol–water partition coefficient (Wildman–Crippen LogP) is 2.61. The van der Waals surface area contributed by atoms with Crippen LogP contribution in [-0.4, -0.2) is 59.1 Å². The molecule has 1 saturated heterocycles. The van der Waals surface area contributed by atoms with Gasteiger partial charge in [0.1, 0.15) is 5.75 Å². The molecule has 0 saturated carbocycles. The quantitative estimate of drug-likeness (QED) is 0.235. The Bertz CT molecular complexity index is 505. The van der Waals surface area contributed by atoms with Crippen LogP contribution in [-0.2, 0) is 15.9 Å². The first-order valence-corrected chi connectivity index (χ1v) is 9.08. The first-order valence-electron chi connectivity index (χ1n) is 9.08. The summed E-state index contributed by atoms with van der Waals surface area (Å²) in [6, 6.07) is 8.14. The van der Waals surface area contributed by atoms with Crippen molar-refractivity contribution in [3.63, 3.8) is 0 Å². The maximum Gasteiger partial charge on any atom is 0.190 e. The summed E-state index contributed by atoms with van der Waals surface area (Å²) in [6.45, 7) is 4.02. The number of nitrogens with zero attached hydrogens (tertiary/aromatic N) is 1. The van der Waals surface area contributed by atoms with Crippen LogP contribution in [0, 0.1) is 0 Å². The Labute approximate surface area is 174 Å². The summed E-state index contributed by atoms with van der Waals surface area (Å²) in [7, 11) is 3.47. The second-order valence-corrected chi connectivity index (χ2v) is 6.09. The lowest BCUT2D eigenvalue weighted by Crippen LogP contribution is -2.39. The van der Waals surface area contributed by atoms with E-state index in [1.807, 2.05) is 12.1 Å². The third-order valence-corrected chi connectivity index (χ3v) is 4.17. The normalized spacial score (nSPS) is 16.8. The first kappa shape index (κ1) is 23.0. The average Bonchev–Trinajstić information content (AvgIpc) is 3.17. The molecule has 26 heavy (non-hydrogen) atoms. The third-order valence-electron chi connectivity index (χ3n) is 4.17. The summed E-state index contributed by atoms with van der Waals surface area (Å²) in [5.41, 5.74) is 1.27. The van der Waals surface area contributed by atoms with Gasteiger partial charge in [-0.25, -0.2) is 0 Å². The molecule has 1 fully saturated rings. The molecule has 2 rings (SSSR count). The van der Waals surface area contributed by atoms with Crippen LogP contribution in [0.5, 0.6) is 5.75 Å². The fraction of sp³-hybridized carbons (Fsp3) is 0.632. The minimum absolute atomic E-state index is 0. The van der Waals surface area contributed by atoms with Gasteiger partial charge in [0, 0.05) is 33.4 Å². The van der Waals surface area contributed by atoms with Crippen LogP contribution in [0.3, 0.4) is 0 Å².